The Morgan fingerprint density at radius 2 is 1.81 bits per heavy atom. The first-order valence-electron chi connectivity index (χ1n) is 7.89. The molecule has 0 radical (unpaired) electrons. The van der Waals surface area contributed by atoms with Gasteiger partial charge in [0.25, 0.3) is 17.3 Å². The maximum Gasteiger partial charge on any atom is 0.277 e. The summed E-state index contributed by atoms with van der Waals surface area (Å²) in [4.78, 5) is 37.3. The molecule has 2 aromatic rings. The Morgan fingerprint density at radius 1 is 1.26 bits per heavy atom. The smallest absolute Gasteiger partial charge is 0.277 e. The van der Waals surface area contributed by atoms with Gasteiger partial charge >= 0.3 is 0 Å². The highest BCUT2D eigenvalue weighted by atomic mass is 16.6. The second kappa shape index (κ2) is 7.50. The number of nitrogens with zero attached hydrogens (tertiary/aromatic N) is 4. The van der Waals surface area contributed by atoms with Crippen LogP contribution in [0.3, 0.4) is 0 Å². The summed E-state index contributed by atoms with van der Waals surface area (Å²) >= 11 is 0. The number of aliphatic hydroxyl groups is 1. The van der Waals surface area contributed by atoms with Gasteiger partial charge < -0.3 is 15.0 Å². The van der Waals surface area contributed by atoms with Gasteiger partial charge in [-0.15, -0.1) is 0 Å². The van der Waals surface area contributed by atoms with Crippen LogP contribution in [0.4, 0.5) is 11.4 Å². The average molecular weight is 377 g/mol. The number of benzene rings is 1. The predicted octanol–water partition coefficient (Wildman–Crippen LogP) is 1.73. The third kappa shape index (κ3) is 4.26. The van der Waals surface area contributed by atoms with E-state index in [9.17, 15) is 30.1 Å². The molecule has 1 unspecified atom stereocenters. The van der Waals surface area contributed by atoms with Crippen molar-refractivity contribution in [2.75, 3.05) is 6.61 Å². The highest BCUT2D eigenvalue weighted by molar-refractivity contribution is 5.95. The van der Waals surface area contributed by atoms with Crippen molar-refractivity contribution in [1.29, 1.82) is 0 Å². The predicted molar refractivity (Wildman–Crippen MR) is 94.0 cm³/mol. The summed E-state index contributed by atoms with van der Waals surface area (Å²) < 4.78 is 1.66. The summed E-state index contributed by atoms with van der Waals surface area (Å²) in [5.74, 6) is -0.293. The molecule has 1 atom stereocenters. The van der Waals surface area contributed by atoms with Gasteiger partial charge in [0.1, 0.15) is 5.82 Å². The molecule has 2 rings (SSSR count). The second-order valence-corrected chi connectivity index (χ2v) is 6.70. The van der Waals surface area contributed by atoms with Gasteiger partial charge in [-0.2, -0.15) is 0 Å². The average Bonchev–Trinajstić information content (AvgIpc) is 3.04. The Morgan fingerprint density at radius 3 is 2.22 bits per heavy atom. The van der Waals surface area contributed by atoms with E-state index >= 15 is 0 Å². The van der Waals surface area contributed by atoms with E-state index in [1.807, 2.05) is 0 Å². The number of rotatable bonds is 7. The Balaban J connectivity index is 2.45. The molecule has 2 N–H and O–H groups in total. The number of amides is 1. The quantitative estimate of drug-likeness (QED) is 0.550. The van der Waals surface area contributed by atoms with E-state index in [1.54, 1.807) is 31.7 Å². The van der Waals surface area contributed by atoms with Gasteiger partial charge in [0.15, 0.2) is 0 Å². The molecule has 0 saturated heterocycles. The molecule has 0 spiro atoms. The van der Waals surface area contributed by atoms with Crippen molar-refractivity contribution in [3.63, 3.8) is 0 Å². The van der Waals surface area contributed by atoms with Crippen LogP contribution in [0.15, 0.2) is 30.6 Å². The molecule has 0 fully saturated rings. The van der Waals surface area contributed by atoms with Crippen LogP contribution in [0.25, 0.3) is 0 Å². The number of non-ortho nitro benzene ring substituents is 2. The van der Waals surface area contributed by atoms with Crippen molar-refractivity contribution < 1.29 is 19.7 Å². The highest BCUT2D eigenvalue weighted by Crippen LogP contribution is 2.32. The number of nitro benzene ring substituents is 2. The summed E-state index contributed by atoms with van der Waals surface area (Å²) in [7, 11) is 1.72. The zero-order valence-electron chi connectivity index (χ0n) is 14.9. The van der Waals surface area contributed by atoms with Gasteiger partial charge in [-0.3, -0.25) is 25.0 Å². The van der Waals surface area contributed by atoms with Crippen molar-refractivity contribution in [3.8, 4) is 0 Å². The van der Waals surface area contributed by atoms with Crippen molar-refractivity contribution >= 4 is 17.3 Å². The fourth-order valence-electron chi connectivity index (χ4n) is 2.51. The minimum absolute atomic E-state index is 0.233. The van der Waals surface area contributed by atoms with Gasteiger partial charge in [-0.25, -0.2) is 4.98 Å². The van der Waals surface area contributed by atoms with Crippen LogP contribution < -0.4 is 5.32 Å². The van der Waals surface area contributed by atoms with E-state index in [0.29, 0.717) is 5.82 Å². The molecule has 0 aliphatic heterocycles. The first kappa shape index (κ1) is 20.0. The molecule has 144 valence electrons. The molecular weight excluding hydrogens is 358 g/mol. The molecule has 0 bridgehead atoms. The second-order valence-electron chi connectivity index (χ2n) is 6.70. The van der Waals surface area contributed by atoms with Gasteiger partial charge in [0.2, 0.25) is 0 Å². The molecule has 27 heavy (non-hydrogen) atoms. The van der Waals surface area contributed by atoms with Crippen LogP contribution in [0.1, 0.15) is 36.1 Å². The lowest BCUT2D eigenvalue weighted by Crippen LogP contribution is -2.41. The lowest BCUT2D eigenvalue weighted by atomic mass is 9.84. The van der Waals surface area contributed by atoms with E-state index in [1.165, 1.54) is 6.20 Å². The molecule has 1 aromatic heterocycles. The van der Waals surface area contributed by atoms with Gasteiger partial charge in [-0.1, -0.05) is 13.8 Å². The standard InChI is InChI=1S/C16H19N5O6/c1-16(2,9-22)13(14-17-4-5-19(14)3)18-15(23)10-6-11(20(24)25)8-12(7-10)21(26)27/h4-8,13,22H,9H2,1-3H3,(H,18,23). The fraction of sp³-hybridized carbons (Fsp3) is 0.375. The fourth-order valence-corrected chi connectivity index (χ4v) is 2.51. The van der Waals surface area contributed by atoms with Crippen LogP contribution in [-0.2, 0) is 7.05 Å². The van der Waals surface area contributed by atoms with Gasteiger partial charge in [0, 0.05) is 37.0 Å². The number of hydrogen-bond donors (Lipinski definition) is 2. The Kier molecular flexibility index (Phi) is 5.55. The summed E-state index contributed by atoms with van der Waals surface area (Å²) in [6, 6.07) is 1.96. The Hall–Kier alpha value is -3.34. The lowest BCUT2D eigenvalue weighted by molar-refractivity contribution is -0.394. The van der Waals surface area contributed by atoms with Crippen molar-refractivity contribution in [2.45, 2.75) is 19.9 Å². The van der Waals surface area contributed by atoms with E-state index < -0.39 is 38.6 Å². The number of imidazole rings is 1. The molecule has 0 aliphatic carbocycles. The van der Waals surface area contributed by atoms with Crippen molar-refractivity contribution in [3.05, 3.63) is 62.2 Å². The summed E-state index contributed by atoms with van der Waals surface area (Å²) in [6.07, 6.45) is 3.19. The molecule has 11 heteroatoms. The number of aliphatic hydroxyl groups excluding tert-OH is 1. The van der Waals surface area contributed by atoms with Crippen LogP contribution >= 0.6 is 0 Å². The first-order chi connectivity index (χ1) is 12.6. The van der Waals surface area contributed by atoms with E-state index in [0.717, 1.165) is 18.2 Å². The number of carbonyl (C=O) groups is 1. The molecule has 1 aromatic carbocycles. The third-order valence-electron chi connectivity index (χ3n) is 4.17. The van der Waals surface area contributed by atoms with Crippen LogP contribution in [0, 0.1) is 25.6 Å². The number of nitro groups is 2. The van der Waals surface area contributed by atoms with Crippen LogP contribution in [0.5, 0.6) is 0 Å². The van der Waals surface area contributed by atoms with Gasteiger partial charge in [-0.05, 0) is 0 Å². The molecule has 0 aliphatic rings. The number of carbonyl (C=O) groups excluding carboxylic acids is 1. The molecule has 1 heterocycles. The number of aromatic nitrogens is 2. The molecule has 1 amide bonds. The molecule has 11 nitrogen and oxygen atoms in total. The maximum atomic E-state index is 12.7. The summed E-state index contributed by atoms with van der Waals surface area (Å²) in [6.45, 7) is 3.14. The molecular formula is C16H19N5O6. The van der Waals surface area contributed by atoms with E-state index in [4.69, 9.17) is 0 Å². The topological polar surface area (TPSA) is 153 Å². The Bertz CT molecular complexity index is 859. The normalized spacial score (nSPS) is 12.4. The number of nitrogens with one attached hydrogen (secondary N) is 1. The first-order valence-corrected chi connectivity index (χ1v) is 7.89. The van der Waals surface area contributed by atoms with Crippen LogP contribution in [0.2, 0.25) is 0 Å². The Labute approximate surface area is 153 Å². The third-order valence-corrected chi connectivity index (χ3v) is 4.17. The van der Waals surface area contributed by atoms with E-state index in [2.05, 4.69) is 10.3 Å². The summed E-state index contributed by atoms with van der Waals surface area (Å²) in [5.41, 5.74) is -2.18. The largest absolute Gasteiger partial charge is 0.396 e. The molecule has 0 saturated carbocycles. The zero-order valence-corrected chi connectivity index (χ0v) is 14.9. The van der Waals surface area contributed by atoms with Gasteiger partial charge in [0.05, 0.1) is 34.1 Å². The van der Waals surface area contributed by atoms with Crippen LogP contribution in [-0.4, -0.2) is 37.0 Å². The zero-order chi connectivity index (χ0) is 20.4. The SMILES string of the molecule is Cn1ccnc1C(NC(=O)c1cc([N+](=O)[O-])cc([N+](=O)[O-])c1)C(C)(C)CO. The highest BCUT2D eigenvalue weighted by Gasteiger charge is 2.35. The lowest BCUT2D eigenvalue weighted by Gasteiger charge is -2.32. The minimum Gasteiger partial charge on any atom is -0.396 e. The number of hydrogen-bond acceptors (Lipinski definition) is 7. The summed E-state index contributed by atoms with van der Waals surface area (Å²) in [5, 5.41) is 34.4. The number of aryl methyl sites for hydroxylation is 1. The van der Waals surface area contributed by atoms with Crippen molar-refractivity contribution in [1.82, 2.24) is 14.9 Å². The minimum atomic E-state index is -0.818. The monoisotopic (exact) mass is 377 g/mol. The van der Waals surface area contributed by atoms with E-state index in [-0.39, 0.29) is 12.2 Å². The maximum absolute atomic E-state index is 12.7. The van der Waals surface area contributed by atoms with Crippen molar-refractivity contribution in [2.24, 2.45) is 12.5 Å².